The predicted octanol–water partition coefficient (Wildman–Crippen LogP) is 1.28. The molecule has 0 fully saturated rings. The second-order valence-electron chi connectivity index (χ2n) is 2.98. The zero-order valence-electron chi connectivity index (χ0n) is 8.38. The van der Waals surface area contributed by atoms with Crippen molar-refractivity contribution < 1.29 is 14.6 Å². The summed E-state index contributed by atoms with van der Waals surface area (Å²) < 4.78 is 4.97. The number of amides is 1. The number of alkyl carbamates (subject to hydrolysis) is 1. The van der Waals surface area contributed by atoms with Crippen LogP contribution in [0.1, 0.15) is 33.1 Å². The van der Waals surface area contributed by atoms with E-state index >= 15 is 0 Å². The van der Waals surface area contributed by atoms with Crippen LogP contribution in [0.15, 0.2) is 0 Å². The van der Waals surface area contributed by atoms with Gasteiger partial charge in [-0.05, 0) is 26.2 Å². The molecule has 1 unspecified atom stereocenters. The Morgan fingerprint density at radius 3 is 2.77 bits per heavy atom. The first-order chi connectivity index (χ1) is 6.20. The quantitative estimate of drug-likeness (QED) is 0.619. The van der Waals surface area contributed by atoms with Crippen molar-refractivity contribution in [1.29, 1.82) is 0 Å². The molecule has 0 saturated heterocycles. The molecule has 0 rings (SSSR count). The van der Waals surface area contributed by atoms with E-state index in [2.05, 4.69) is 5.32 Å². The molecule has 0 bridgehead atoms. The van der Waals surface area contributed by atoms with E-state index in [1.807, 2.05) is 13.8 Å². The highest BCUT2D eigenvalue weighted by atomic mass is 16.6. The Morgan fingerprint density at radius 2 is 2.23 bits per heavy atom. The van der Waals surface area contributed by atoms with Gasteiger partial charge in [0.05, 0.1) is 0 Å². The molecule has 0 aromatic rings. The van der Waals surface area contributed by atoms with Gasteiger partial charge in [-0.25, -0.2) is 4.79 Å². The Labute approximate surface area is 79.3 Å². The van der Waals surface area contributed by atoms with Gasteiger partial charge in [0.25, 0.3) is 0 Å². The number of aliphatic hydroxyl groups excluding tert-OH is 1. The third-order valence-electron chi connectivity index (χ3n) is 1.74. The molecule has 0 aromatic carbocycles. The third kappa shape index (κ3) is 7.59. The number of aliphatic hydroxyl groups is 1. The third-order valence-corrected chi connectivity index (χ3v) is 1.74. The molecule has 0 aliphatic carbocycles. The van der Waals surface area contributed by atoms with Crippen LogP contribution in [0, 0.1) is 0 Å². The molecule has 13 heavy (non-hydrogen) atoms. The van der Waals surface area contributed by atoms with Crippen molar-refractivity contribution in [2.45, 2.75) is 39.2 Å². The van der Waals surface area contributed by atoms with Crippen LogP contribution in [0.5, 0.6) is 0 Å². The molecule has 4 nitrogen and oxygen atoms in total. The Bertz CT molecular complexity index is 139. The normalized spacial score (nSPS) is 12.2. The van der Waals surface area contributed by atoms with Crippen LogP contribution in [-0.4, -0.2) is 30.5 Å². The highest BCUT2D eigenvalue weighted by Crippen LogP contribution is 1.95. The molecule has 1 amide bonds. The summed E-state index contributed by atoms with van der Waals surface area (Å²) in [5.41, 5.74) is 0. The van der Waals surface area contributed by atoms with Crippen LogP contribution in [-0.2, 0) is 4.74 Å². The molecule has 0 radical (unpaired) electrons. The molecular formula is C9H19NO3. The Hall–Kier alpha value is -0.770. The zero-order chi connectivity index (χ0) is 10.1. The maximum Gasteiger partial charge on any atom is 0.407 e. The van der Waals surface area contributed by atoms with E-state index < -0.39 is 0 Å². The highest BCUT2D eigenvalue weighted by molar-refractivity contribution is 5.67. The summed E-state index contributed by atoms with van der Waals surface area (Å²) >= 11 is 0. The van der Waals surface area contributed by atoms with E-state index in [1.54, 1.807) is 0 Å². The predicted molar refractivity (Wildman–Crippen MR) is 50.6 cm³/mol. The molecule has 1 atom stereocenters. The first kappa shape index (κ1) is 12.2. The molecule has 0 aliphatic heterocycles. The van der Waals surface area contributed by atoms with Gasteiger partial charge in [-0.1, -0.05) is 6.92 Å². The molecule has 0 saturated carbocycles. The van der Waals surface area contributed by atoms with Crippen molar-refractivity contribution in [2.75, 3.05) is 13.2 Å². The van der Waals surface area contributed by atoms with Crippen LogP contribution in [0.3, 0.4) is 0 Å². The molecule has 78 valence electrons. The van der Waals surface area contributed by atoms with E-state index in [-0.39, 0.29) is 18.8 Å². The zero-order valence-corrected chi connectivity index (χ0v) is 8.38. The summed E-state index contributed by atoms with van der Waals surface area (Å²) in [4.78, 5) is 11.0. The van der Waals surface area contributed by atoms with Crippen molar-refractivity contribution in [2.24, 2.45) is 0 Å². The average molecular weight is 189 g/mol. The maximum absolute atomic E-state index is 11.0. The van der Waals surface area contributed by atoms with Gasteiger partial charge in [-0.2, -0.15) is 0 Å². The number of carbonyl (C=O) groups is 1. The number of ether oxygens (including phenoxy) is 1. The number of rotatable bonds is 6. The SMILES string of the molecule is CCC(C)OC(=O)NCCCCO. The van der Waals surface area contributed by atoms with Crippen LogP contribution in [0.2, 0.25) is 0 Å². The van der Waals surface area contributed by atoms with Crippen molar-refractivity contribution >= 4 is 6.09 Å². The fraction of sp³-hybridized carbons (Fsp3) is 0.889. The number of hydrogen-bond acceptors (Lipinski definition) is 3. The Kier molecular flexibility index (Phi) is 7.39. The number of hydrogen-bond donors (Lipinski definition) is 2. The first-order valence-corrected chi connectivity index (χ1v) is 4.76. The number of nitrogens with one attached hydrogen (secondary N) is 1. The van der Waals surface area contributed by atoms with E-state index in [9.17, 15) is 4.79 Å². The summed E-state index contributed by atoms with van der Waals surface area (Å²) in [6.07, 6.45) is 1.92. The minimum atomic E-state index is -0.368. The molecule has 0 spiro atoms. The summed E-state index contributed by atoms with van der Waals surface area (Å²) in [6, 6.07) is 0. The monoisotopic (exact) mass is 189 g/mol. The van der Waals surface area contributed by atoms with Crippen molar-refractivity contribution in [1.82, 2.24) is 5.32 Å². The van der Waals surface area contributed by atoms with Crippen LogP contribution >= 0.6 is 0 Å². The standard InChI is InChI=1S/C9H19NO3/c1-3-8(2)13-9(12)10-6-4-5-7-11/h8,11H,3-7H2,1-2H3,(H,10,12). The largest absolute Gasteiger partial charge is 0.447 e. The van der Waals surface area contributed by atoms with E-state index in [0.717, 1.165) is 12.8 Å². The lowest BCUT2D eigenvalue weighted by molar-refractivity contribution is 0.104. The van der Waals surface area contributed by atoms with Gasteiger partial charge in [-0.15, -0.1) is 0 Å². The lowest BCUT2D eigenvalue weighted by Gasteiger charge is -2.11. The average Bonchev–Trinajstić information content (AvgIpc) is 2.12. The summed E-state index contributed by atoms with van der Waals surface area (Å²) in [6.45, 7) is 4.55. The van der Waals surface area contributed by atoms with Gasteiger partial charge in [0.2, 0.25) is 0 Å². The minimum Gasteiger partial charge on any atom is -0.447 e. The summed E-state index contributed by atoms with van der Waals surface area (Å²) in [5, 5.41) is 11.1. The lowest BCUT2D eigenvalue weighted by atomic mass is 10.3. The number of carbonyl (C=O) groups excluding carboxylic acids is 1. The van der Waals surface area contributed by atoms with Gasteiger partial charge < -0.3 is 15.2 Å². The molecule has 0 heterocycles. The van der Waals surface area contributed by atoms with Crippen LogP contribution < -0.4 is 5.32 Å². The van der Waals surface area contributed by atoms with Crippen molar-refractivity contribution in [3.8, 4) is 0 Å². The van der Waals surface area contributed by atoms with Crippen LogP contribution in [0.4, 0.5) is 4.79 Å². The van der Waals surface area contributed by atoms with E-state index in [4.69, 9.17) is 9.84 Å². The fourth-order valence-corrected chi connectivity index (χ4v) is 0.735. The minimum absolute atomic E-state index is 0.0298. The van der Waals surface area contributed by atoms with E-state index in [0.29, 0.717) is 13.0 Å². The summed E-state index contributed by atoms with van der Waals surface area (Å²) in [7, 11) is 0. The second kappa shape index (κ2) is 7.86. The fourth-order valence-electron chi connectivity index (χ4n) is 0.735. The van der Waals surface area contributed by atoms with Crippen molar-refractivity contribution in [3.63, 3.8) is 0 Å². The van der Waals surface area contributed by atoms with Gasteiger partial charge in [0.1, 0.15) is 6.10 Å². The first-order valence-electron chi connectivity index (χ1n) is 4.76. The molecule has 2 N–H and O–H groups in total. The number of unbranched alkanes of at least 4 members (excludes halogenated alkanes) is 1. The maximum atomic E-state index is 11.0. The van der Waals surface area contributed by atoms with Crippen LogP contribution in [0.25, 0.3) is 0 Å². The lowest BCUT2D eigenvalue weighted by Crippen LogP contribution is -2.28. The topological polar surface area (TPSA) is 58.6 Å². The smallest absolute Gasteiger partial charge is 0.407 e. The van der Waals surface area contributed by atoms with Gasteiger partial charge in [0, 0.05) is 13.2 Å². The Morgan fingerprint density at radius 1 is 1.54 bits per heavy atom. The van der Waals surface area contributed by atoms with Crippen molar-refractivity contribution in [3.05, 3.63) is 0 Å². The van der Waals surface area contributed by atoms with Gasteiger partial charge in [-0.3, -0.25) is 0 Å². The molecule has 4 heteroatoms. The second-order valence-corrected chi connectivity index (χ2v) is 2.98. The van der Waals surface area contributed by atoms with Gasteiger partial charge >= 0.3 is 6.09 Å². The molecule has 0 aliphatic rings. The molecule has 0 aromatic heterocycles. The highest BCUT2D eigenvalue weighted by Gasteiger charge is 2.05. The molecular weight excluding hydrogens is 170 g/mol. The van der Waals surface area contributed by atoms with E-state index in [1.165, 1.54) is 0 Å². The Balaban J connectivity index is 3.30. The summed E-state index contributed by atoms with van der Waals surface area (Å²) in [5.74, 6) is 0. The van der Waals surface area contributed by atoms with Gasteiger partial charge in [0.15, 0.2) is 0 Å².